The molecule has 0 spiro atoms. The smallest absolute Gasteiger partial charge is 0.251 e. The number of aliphatic imine (C=N–C) groups is 1. The summed E-state index contributed by atoms with van der Waals surface area (Å²) in [4.78, 5) is 16.1. The normalized spacial score (nSPS) is 12.1. The molecule has 2 rings (SSSR count). The molecule has 6 heteroatoms. The lowest BCUT2D eigenvalue weighted by Crippen LogP contribution is -2.40. The first-order chi connectivity index (χ1) is 13.5. The average molecular weight is 508 g/mol. The number of nitrogens with zero attached hydrogens (tertiary/aromatic N) is 1. The van der Waals surface area contributed by atoms with E-state index in [1.54, 1.807) is 14.1 Å². The fourth-order valence-corrected chi connectivity index (χ4v) is 3.20. The zero-order valence-corrected chi connectivity index (χ0v) is 20.1. The number of hydrogen-bond acceptors (Lipinski definition) is 2. The molecular weight excluding hydrogens is 475 g/mol. The zero-order chi connectivity index (χ0) is 20.4. The number of amides is 1. The predicted octanol–water partition coefficient (Wildman–Crippen LogP) is 3.81. The molecule has 0 fully saturated rings. The number of halogens is 1. The van der Waals surface area contributed by atoms with Gasteiger partial charge in [-0.05, 0) is 35.6 Å². The van der Waals surface area contributed by atoms with E-state index in [0.717, 1.165) is 31.0 Å². The maximum atomic E-state index is 11.8. The van der Waals surface area contributed by atoms with Gasteiger partial charge in [-0.15, -0.1) is 24.0 Å². The molecule has 5 nitrogen and oxygen atoms in total. The quantitative estimate of drug-likeness (QED) is 0.289. The van der Waals surface area contributed by atoms with Crippen molar-refractivity contribution >= 4 is 35.8 Å². The largest absolute Gasteiger partial charge is 0.356 e. The second-order valence-electron chi connectivity index (χ2n) is 7.17. The Hall–Kier alpha value is -2.09. The van der Waals surface area contributed by atoms with Crippen molar-refractivity contribution in [2.24, 2.45) is 10.9 Å². The molecule has 1 atom stereocenters. The van der Waals surface area contributed by atoms with Crippen molar-refractivity contribution in [1.82, 2.24) is 16.0 Å². The highest BCUT2D eigenvalue weighted by Crippen LogP contribution is 2.23. The van der Waals surface area contributed by atoms with Crippen LogP contribution in [-0.4, -0.2) is 39.1 Å². The van der Waals surface area contributed by atoms with Gasteiger partial charge < -0.3 is 16.0 Å². The van der Waals surface area contributed by atoms with Gasteiger partial charge in [0.25, 0.3) is 5.91 Å². The number of guanidine groups is 1. The number of nitrogens with one attached hydrogen (secondary N) is 3. The highest BCUT2D eigenvalue weighted by Gasteiger charge is 2.16. The summed E-state index contributed by atoms with van der Waals surface area (Å²) in [5.41, 5.74) is 3.14. The van der Waals surface area contributed by atoms with Crippen LogP contribution in [-0.2, 0) is 6.42 Å². The van der Waals surface area contributed by atoms with E-state index in [4.69, 9.17) is 0 Å². The van der Waals surface area contributed by atoms with E-state index in [-0.39, 0.29) is 29.9 Å². The maximum Gasteiger partial charge on any atom is 0.251 e. The fraction of sp³-hybridized carbons (Fsp3) is 0.391. The molecule has 2 aromatic rings. The molecule has 0 saturated heterocycles. The molecule has 0 radical (unpaired) electrons. The average Bonchev–Trinajstić information content (AvgIpc) is 2.72. The second kappa shape index (κ2) is 13.2. The minimum absolute atomic E-state index is 0. The minimum atomic E-state index is -0.0621. The topological polar surface area (TPSA) is 65.5 Å². The summed E-state index contributed by atoms with van der Waals surface area (Å²) >= 11 is 0. The van der Waals surface area contributed by atoms with Crippen molar-refractivity contribution in [2.45, 2.75) is 26.2 Å². The van der Waals surface area contributed by atoms with E-state index >= 15 is 0 Å². The summed E-state index contributed by atoms with van der Waals surface area (Å²) in [6.45, 7) is 6.06. The van der Waals surface area contributed by atoms with Gasteiger partial charge in [0, 0.05) is 38.7 Å². The number of carbonyl (C=O) groups is 1. The Labute approximate surface area is 191 Å². The third-order valence-electron chi connectivity index (χ3n) is 4.87. The monoisotopic (exact) mass is 508 g/mol. The zero-order valence-electron chi connectivity index (χ0n) is 17.7. The molecule has 0 aromatic heterocycles. The molecule has 1 unspecified atom stereocenters. The summed E-state index contributed by atoms with van der Waals surface area (Å²) in [5, 5.41) is 9.47. The number of carbonyl (C=O) groups excluding carboxylic acids is 1. The first-order valence-electron chi connectivity index (χ1n) is 9.85. The molecule has 0 bridgehead atoms. The summed E-state index contributed by atoms with van der Waals surface area (Å²) in [7, 11) is 3.43. The fourth-order valence-electron chi connectivity index (χ4n) is 3.20. The summed E-state index contributed by atoms with van der Waals surface area (Å²) in [6.07, 6.45) is 0.817. The molecule has 0 saturated carbocycles. The lowest BCUT2D eigenvalue weighted by Gasteiger charge is -2.23. The number of benzene rings is 2. The Morgan fingerprint density at radius 1 is 1.03 bits per heavy atom. The van der Waals surface area contributed by atoms with Gasteiger partial charge in [0.2, 0.25) is 0 Å². The molecule has 0 aliphatic carbocycles. The Kier molecular flexibility index (Phi) is 11.3. The molecule has 3 N–H and O–H groups in total. The maximum absolute atomic E-state index is 11.8. The van der Waals surface area contributed by atoms with Gasteiger partial charge in [0.1, 0.15) is 0 Å². The Bertz CT molecular complexity index is 777. The first-order valence-corrected chi connectivity index (χ1v) is 9.85. The van der Waals surface area contributed by atoms with Crippen LogP contribution in [0, 0.1) is 5.92 Å². The van der Waals surface area contributed by atoms with E-state index in [1.165, 1.54) is 5.56 Å². The van der Waals surface area contributed by atoms with Crippen molar-refractivity contribution in [2.75, 3.05) is 27.2 Å². The van der Waals surface area contributed by atoms with Crippen molar-refractivity contribution < 1.29 is 4.79 Å². The lowest BCUT2D eigenvalue weighted by molar-refractivity contribution is 0.0963. The molecule has 29 heavy (non-hydrogen) atoms. The highest BCUT2D eigenvalue weighted by molar-refractivity contribution is 14.0. The third-order valence-corrected chi connectivity index (χ3v) is 4.87. The Morgan fingerprint density at radius 3 is 2.38 bits per heavy atom. The van der Waals surface area contributed by atoms with Crippen LogP contribution in [0.25, 0.3) is 0 Å². The Morgan fingerprint density at radius 2 is 1.76 bits per heavy atom. The van der Waals surface area contributed by atoms with Gasteiger partial charge in [-0.2, -0.15) is 0 Å². The van der Waals surface area contributed by atoms with Crippen LogP contribution in [0.5, 0.6) is 0 Å². The SMILES string of the molecule is CN=C(NCCc1cccc(C(=O)NC)c1)NCC(c1ccccc1)C(C)C.I. The van der Waals surface area contributed by atoms with E-state index < -0.39 is 0 Å². The van der Waals surface area contributed by atoms with Crippen molar-refractivity contribution in [3.63, 3.8) is 0 Å². The van der Waals surface area contributed by atoms with Crippen LogP contribution < -0.4 is 16.0 Å². The molecule has 0 aliphatic rings. The van der Waals surface area contributed by atoms with E-state index in [9.17, 15) is 4.79 Å². The summed E-state index contributed by atoms with van der Waals surface area (Å²) in [5.74, 6) is 1.68. The first kappa shape index (κ1) is 24.9. The van der Waals surface area contributed by atoms with Gasteiger partial charge >= 0.3 is 0 Å². The molecule has 1 amide bonds. The van der Waals surface area contributed by atoms with Crippen LogP contribution in [0.2, 0.25) is 0 Å². The van der Waals surface area contributed by atoms with Gasteiger partial charge in [-0.25, -0.2) is 0 Å². The van der Waals surface area contributed by atoms with E-state index in [1.807, 2.05) is 30.3 Å². The van der Waals surface area contributed by atoms with Gasteiger partial charge in [0.05, 0.1) is 0 Å². The van der Waals surface area contributed by atoms with E-state index in [0.29, 0.717) is 17.4 Å². The van der Waals surface area contributed by atoms with Gasteiger partial charge in [-0.1, -0.05) is 56.3 Å². The summed E-state index contributed by atoms with van der Waals surface area (Å²) < 4.78 is 0. The van der Waals surface area contributed by atoms with Crippen LogP contribution >= 0.6 is 24.0 Å². The van der Waals surface area contributed by atoms with Crippen LogP contribution in [0.4, 0.5) is 0 Å². The lowest BCUT2D eigenvalue weighted by atomic mass is 9.88. The van der Waals surface area contributed by atoms with Crippen LogP contribution in [0.15, 0.2) is 59.6 Å². The van der Waals surface area contributed by atoms with Crippen LogP contribution in [0.1, 0.15) is 41.3 Å². The minimum Gasteiger partial charge on any atom is -0.356 e. The predicted molar refractivity (Wildman–Crippen MR) is 132 cm³/mol. The van der Waals surface area contributed by atoms with Crippen molar-refractivity contribution in [1.29, 1.82) is 0 Å². The van der Waals surface area contributed by atoms with Gasteiger partial charge in [0.15, 0.2) is 5.96 Å². The van der Waals surface area contributed by atoms with Crippen molar-refractivity contribution in [3.8, 4) is 0 Å². The highest BCUT2D eigenvalue weighted by atomic mass is 127. The second-order valence-corrected chi connectivity index (χ2v) is 7.17. The number of rotatable bonds is 8. The molecular formula is C23H33IN4O. The standard InChI is InChI=1S/C23H32N4O.HI/c1-17(2)21(19-10-6-5-7-11-19)16-27-23(25-4)26-14-13-18-9-8-12-20(15-18)22(28)24-3;/h5-12,15,17,21H,13-14,16H2,1-4H3,(H,24,28)(H2,25,26,27);1H. The molecule has 2 aromatic carbocycles. The molecule has 0 aliphatic heterocycles. The Balaban J connectivity index is 0.00000420. The summed E-state index contributed by atoms with van der Waals surface area (Å²) in [6, 6.07) is 18.3. The number of hydrogen-bond donors (Lipinski definition) is 3. The van der Waals surface area contributed by atoms with Crippen molar-refractivity contribution in [3.05, 3.63) is 71.3 Å². The van der Waals surface area contributed by atoms with Gasteiger partial charge in [-0.3, -0.25) is 9.79 Å². The third kappa shape index (κ3) is 8.04. The van der Waals surface area contributed by atoms with E-state index in [2.05, 4.69) is 59.1 Å². The molecule has 0 heterocycles. The van der Waals surface area contributed by atoms with Crippen LogP contribution in [0.3, 0.4) is 0 Å². The molecule has 158 valence electrons.